The van der Waals surface area contributed by atoms with Crippen LogP contribution < -0.4 is 0 Å². The molecule has 0 N–H and O–H groups in total. The monoisotopic (exact) mass is 327 g/mol. The highest BCUT2D eigenvalue weighted by Gasteiger charge is 2.13. The van der Waals surface area contributed by atoms with Gasteiger partial charge < -0.3 is 0 Å². The maximum Gasteiger partial charge on any atom is 0.170 e. The number of pyridine rings is 1. The van der Waals surface area contributed by atoms with E-state index >= 15 is 0 Å². The van der Waals surface area contributed by atoms with Gasteiger partial charge in [-0.1, -0.05) is 11.6 Å². The van der Waals surface area contributed by atoms with Crippen LogP contribution in [0.2, 0.25) is 5.02 Å². The number of rotatable bonds is 3. The smallest absolute Gasteiger partial charge is 0.170 e. The summed E-state index contributed by atoms with van der Waals surface area (Å²) in [5, 5.41) is 0.340. The Kier molecular flexibility index (Phi) is 4.09. The summed E-state index contributed by atoms with van der Waals surface area (Å²) in [4.78, 5) is 15.9. The van der Waals surface area contributed by atoms with E-state index in [2.05, 4.69) is 20.9 Å². The summed E-state index contributed by atoms with van der Waals surface area (Å²) in [7, 11) is 0. The molecule has 0 bridgehead atoms. The fourth-order valence-corrected chi connectivity index (χ4v) is 2.13. The van der Waals surface area contributed by atoms with Gasteiger partial charge >= 0.3 is 0 Å². The molecule has 0 amide bonds. The number of carbonyl (C=O) groups is 1. The summed E-state index contributed by atoms with van der Waals surface area (Å²) >= 11 is 9.02. The molecular weight excluding hydrogens is 321 g/mol. The van der Waals surface area contributed by atoms with Gasteiger partial charge in [-0.2, -0.15) is 0 Å². The molecule has 1 aromatic heterocycles. The fraction of sp³-hybridized carbons (Fsp3) is 0.0769. The Hall–Kier alpha value is -1.26. The lowest BCUT2D eigenvalue weighted by atomic mass is 10.0. The zero-order valence-electron chi connectivity index (χ0n) is 9.16. The molecule has 1 heterocycles. The first-order valence-corrected chi connectivity index (χ1v) is 6.31. The van der Waals surface area contributed by atoms with Gasteiger partial charge in [-0.3, -0.25) is 9.78 Å². The Morgan fingerprint density at radius 2 is 2.11 bits per heavy atom. The van der Waals surface area contributed by atoms with E-state index in [1.165, 1.54) is 18.2 Å². The fourth-order valence-electron chi connectivity index (χ4n) is 1.54. The highest BCUT2D eigenvalue weighted by atomic mass is 79.9. The van der Waals surface area contributed by atoms with E-state index in [9.17, 15) is 9.18 Å². The largest absolute Gasteiger partial charge is 0.294 e. The Morgan fingerprint density at radius 1 is 1.33 bits per heavy atom. The third kappa shape index (κ3) is 3.15. The maximum atomic E-state index is 13.5. The molecular formula is C13H8BrClFNO. The first-order valence-electron chi connectivity index (χ1n) is 5.14. The van der Waals surface area contributed by atoms with Gasteiger partial charge in [0.05, 0.1) is 5.56 Å². The molecule has 0 unspecified atom stereocenters. The average Bonchev–Trinajstić information content (AvgIpc) is 2.32. The van der Waals surface area contributed by atoms with Crippen molar-refractivity contribution in [1.82, 2.24) is 4.98 Å². The van der Waals surface area contributed by atoms with Crippen molar-refractivity contribution in [3.63, 3.8) is 0 Å². The number of aromatic nitrogens is 1. The molecule has 0 atom stereocenters. The molecule has 0 aliphatic heterocycles. The van der Waals surface area contributed by atoms with Crippen molar-refractivity contribution in [1.29, 1.82) is 0 Å². The minimum absolute atomic E-state index is 0.00229. The SMILES string of the molecule is O=C(Cc1cncc(Br)c1)c1cc(Cl)ccc1F. The van der Waals surface area contributed by atoms with Gasteiger partial charge in [-0.25, -0.2) is 4.39 Å². The number of nitrogens with zero attached hydrogens (tertiary/aromatic N) is 1. The number of carbonyl (C=O) groups excluding carboxylic acids is 1. The van der Waals surface area contributed by atoms with Crippen LogP contribution in [0, 0.1) is 5.82 Å². The molecule has 0 spiro atoms. The van der Waals surface area contributed by atoms with Crippen LogP contribution in [-0.4, -0.2) is 10.8 Å². The van der Waals surface area contributed by atoms with Crippen LogP contribution in [0.3, 0.4) is 0 Å². The number of halogens is 3. The van der Waals surface area contributed by atoms with Crippen LogP contribution >= 0.6 is 27.5 Å². The highest BCUT2D eigenvalue weighted by Crippen LogP contribution is 2.18. The van der Waals surface area contributed by atoms with Crippen molar-refractivity contribution in [2.45, 2.75) is 6.42 Å². The molecule has 0 radical (unpaired) electrons. The molecule has 0 saturated heterocycles. The molecule has 0 saturated carbocycles. The van der Waals surface area contributed by atoms with E-state index in [0.717, 1.165) is 4.47 Å². The van der Waals surface area contributed by atoms with Crippen molar-refractivity contribution < 1.29 is 9.18 Å². The van der Waals surface area contributed by atoms with Gasteiger partial charge in [0.1, 0.15) is 5.82 Å². The molecule has 5 heteroatoms. The predicted molar refractivity (Wildman–Crippen MR) is 71.4 cm³/mol. The molecule has 2 aromatic rings. The number of Topliss-reactive ketones (excluding diaryl/α,β-unsaturated/α-hetero) is 1. The van der Waals surface area contributed by atoms with E-state index in [1.54, 1.807) is 18.5 Å². The van der Waals surface area contributed by atoms with Crippen LogP contribution in [-0.2, 0) is 6.42 Å². The minimum atomic E-state index is -0.563. The summed E-state index contributed by atoms with van der Waals surface area (Å²) in [6, 6.07) is 5.71. The molecule has 0 aliphatic rings. The summed E-state index contributed by atoms with van der Waals surface area (Å²) in [5.41, 5.74) is 0.719. The lowest BCUT2D eigenvalue weighted by Crippen LogP contribution is -2.06. The molecule has 1 aromatic carbocycles. The van der Waals surface area contributed by atoms with Crippen LogP contribution in [0.25, 0.3) is 0 Å². The van der Waals surface area contributed by atoms with Crippen molar-refractivity contribution in [3.05, 3.63) is 63.1 Å². The van der Waals surface area contributed by atoms with Crippen molar-refractivity contribution in [3.8, 4) is 0 Å². The molecule has 0 aliphatic carbocycles. The van der Waals surface area contributed by atoms with Crippen LogP contribution in [0.1, 0.15) is 15.9 Å². The zero-order chi connectivity index (χ0) is 13.1. The van der Waals surface area contributed by atoms with Gasteiger partial charge in [0.15, 0.2) is 5.78 Å². The van der Waals surface area contributed by atoms with Crippen molar-refractivity contribution in [2.24, 2.45) is 0 Å². The van der Waals surface area contributed by atoms with Gasteiger partial charge in [-0.15, -0.1) is 0 Å². The number of hydrogen-bond acceptors (Lipinski definition) is 2. The summed E-state index contributed by atoms with van der Waals surface area (Å²) < 4.78 is 14.3. The summed E-state index contributed by atoms with van der Waals surface area (Å²) in [6.07, 6.45) is 3.28. The average molecular weight is 329 g/mol. The van der Waals surface area contributed by atoms with E-state index in [4.69, 9.17) is 11.6 Å². The van der Waals surface area contributed by atoms with Crippen LogP contribution in [0.5, 0.6) is 0 Å². The second kappa shape index (κ2) is 5.59. The Labute approximate surface area is 117 Å². The number of ketones is 1. The summed E-state index contributed by atoms with van der Waals surface area (Å²) in [6.45, 7) is 0. The van der Waals surface area contributed by atoms with E-state index < -0.39 is 5.82 Å². The Morgan fingerprint density at radius 3 is 2.83 bits per heavy atom. The quantitative estimate of drug-likeness (QED) is 0.795. The normalized spacial score (nSPS) is 10.4. The van der Waals surface area contributed by atoms with Gasteiger partial charge in [0, 0.05) is 28.3 Å². The second-order valence-electron chi connectivity index (χ2n) is 3.74. The zero-order valence-corrected chi connectivity index (χ0v) is 11.5. The molecule has 2 nitrogen and oxygen atoms in total. The highest BCUT2D eigenvalue weighted by molar-refractivity contribution is 9.10. The van der Waals surface area contributed by atoms with Crippen molar-refractivity contribution >= 4 is 33.3 Å². The first-order chi connectivity index (χ1) is 8.56. The standard InChI is InChI=1S/C13H8BrClFNO/c14-9-3-8(6-17-7-9)4-13(18)11-5-10(15)1-2-12(11)16/h1-3,5-7H,4H2. The van der Waals surface area contributed by atoms with Gasteiger partial charge in [0.25, 0.3) is 0 Å². The first kappa shape index (κ1) is 13.2. The Balaban J connectivity index is 2.24. The van der Waals surface area contributed by atoms with Crippen LogP contribution in [0.4, 0.5) is 4.39 Å². The van der Waals surface area contributed by atoms with E-state index in [0.29, 0.717) is 10.6 Å². The summed E-state index contributed by atoms with van der Waals surface area (Å²) in [5.74, 6) is -0.887. The lowest BCUT2D eigenvalue weighted by molar-refractivity contribution is 0.0989. The van der Waals surface area contributed by atoms with Crippen LogP contribution in [0.15, 0.2) is 41.1 Å². The maximum absolute atomic E-state index is 13.5. The third-order valence-corrected chi connectivity index (χ3v) is 3.02. The topological polar surface area (TPSA) is 30.0 Å². The van der Waals surface area contributed by atoms with Gasteiger partial charge in [0.2, 0.25) is 0 Å². The van der Waals surface area contributed by atoms with E-state index in [1.807, 2.05) is 0 Å². The minimum Gasteiger partial charge on any atom is -0.294 e. The third-order valence-electron chi connectivity index (χ3n) is 2.36. The molecule has 0 fully saturated rings. The second-order valence-corrected chi connectivity index (χ2v) is 5.09. The van der Waals surface area contributed by atoms with E-state index in [-0.39, 0.29) is 17.8 Å². The molecule has 18 heavy (non-hydrogen) atoms. The number of benzene rings is 1. The van der Waals surface area contributed by atoms with Gasteiger partial charge in [-0.05, 0) is 45.8 Å². The molecule has 2 rings (SSSR count). The number of hydrogen-bond donors (Lipinski definition) is 0. The van der Waals surface area contributed by atoms with Crippen molar-refractivity contribution in [2.75, 3.05) is 0 Å². The Bertz CT molecular complexity index is 603. The lowest BCUT2D eigenvalue weighted by Gasteiger charge is -2.03. The predicted octanol–water partition coefficient (Wildman–Crippen LogP) is 4.06. The molecule has 92 valence electrons.